The highest BCUT2D eigenvalue weighted by Crippen LogP contribution is 2.31. The smallest absolute Gasteiger partial charge is 0.341 e. The molecule has 1 fully saturated rings. The minimum atomic E-state index is -0.287. The molecule has 0 bridgehead atoms. The number of carbonyl (C=O) groups excluding carboxylic acids is 1. The van der Waals surface area contributed by atoms with Crippen molar-refractivity contribution in [1.29, 1.82) is 0 Å². The van der Waals surface area contributed by atoms with Gasteiger partial charge in [0.25, 0.3) is 0 Å². The number of hydrogen-bond acceptors (Lipinski definition) is 4. The van der Waals surface area contributed by atoms with E-state index >= 15 is 0 Å². The monoisotopic (exact) mass is 279 g/mol. The van der Waals surface area contributed by atoms with Crippen LogP contribution in [-0.4, -0.2) is 28.4 Å². The highest BCUT2D eigenvalue weighted by molar-refractivity contribution is 5.90. The SMILES string of the molecule is CCOC(=O)c1cnn(C)c1CNC1CCC(C)C1C. The molecule has 5 nitrogen and oxygen atoms in total. The number of carbonyl (C=O) groups is 1. The van der Waals surface area contributed by atoms with Gasteiger partial charge in [-0.25, -0.2) is 4.79 Å². The van der Waals surface area contributed by atoms with E-state index in [1.165, 1.54) is 12.8 Å². The molecule has 0 saturated heterocycles. The lowest BCUT2D eigenvalue weighted by Crippen LogP contribution is -2.33. The lowest BCUT2D eigenvalue weighted by Gasteiger charge is -2.20. The first-order valence-corrected chi connectivity index (χ1v) is 7.46. The Labute approximate surface area is 120 Å². The molecule has 1 N–H and O–H groups in total. The minimum absolute atomic E-state index is 0.287. The fourth-order valence-corrected chi connectivity index (χ4v) is 2.93. The zero-order chi connectivity index (χ0) is 14.7. The molecule has 2 rings (SSSR count). The van der Waals surface area contributed by atoms with Crippen LogP contribution in [0.15, 0.2) is 6.20 Å². The van der Waals surface area contributed by atoms with Gasteiger partial charge in [-0.3, -0.25) is 4.68 Å². The van der Waals surface area contributed by atoms with E-state index in [-0.39, 0.29) is 5.97 Å². The van der Waals surface area contributed by atoms with Gasteiger partial charge in [-0.2, -0.15) is 5.10 Å². The fourth-order valence-electron chi connectivity index (χ4n) is 2.93. The molecule has 0 radical (unpaired) electrons. The third-order valence-electron chi connectivity index (χ3n) is 4.55. The Morgan fingerprint density at radius 1 is 1.50 bits per heavy atom. The van der Waals surface area contributed by atoms with Crippen LogP contribution in [0.4, 0.5) is 0 Å². The summed E-state index contributed by atoms with van der Waals surface area (Å²) < 4.78 is 6.82. The molecule has 0 aliphatic heterocycles. The number of aromatic nitrogens is 2. The van der Waals surface area contributed by atoms with Gasteiger partial charge in [-0.15, -0.1) is 0 Å². The molecule has 5 heteroatoms. The maximum atomic E-state index is 11.9. The van der Waals surface area contributed by atoms with Gasteiger partial charge in [0.2, 0.25) is 0 Å². The second kappa shape index (κ2) is 6.39. The van der Waals surface area contributed by atoms with E-state index in [4.69, 9.17) is 4.74 Å². The first kappa shape index (κ1) is 15.0. The minimum Gasteiger partial charge on any atom is -0.462 e. The molecule has 1 aromatic heterocycles. The molecule has 1 aliphatic rings. The van der Waals surface area contributed by atoms with Crippen LogP contribution in [0.5, 0.6) is 0 Å². The van der Waals surface area contributed by atoms with Crippen molar-refractivity contribution < 1.29 is 9.53 Å². The molecule has 3 unspecified atom stereocenters. The Bertz CT molecular complexity index is 470. The quantitative estimate of drug-likeness (QED) is 0.839. The lowest BCUT2D eigenvalue weighted by atomic mass is 9.98. The van der Waals surface area contributed by atoms with Crippen molar-refractivity contribution in [3.8, 4) is 0 Å². The molecule has 0 amide bonds. The van der Waals surface area contributed by atoms with E-state index in [0.717, 1.165) is 11.6 Å². The van der Waals surface area contributed by atoms with Crippen molar-refractivity contribution in [3.63, 3.8) is 0 Å². The van der Waals surface area contributed by atoms with Crippen LogP contribution in [-0.2, 0) is 18.3 Å². The van der Waals surface area contributed by atoms with Crippen molar-refractivity contribution >= 4 is 5.97 Å². The third-order valence-corrected chi connectivity index (χ3v) is 4.55. The van der Waals surface area contributed by atoms with Gasteiger partial charge < -0.3 is 10.1 Å². The van der Waals surface area contributed by atoms with Crippen molar-refractivity contribution in [1.82, 2.24) is 15.1 Å². The van der Waals surface area contributed by atoms with Crippen LogP contribution in [0, 0.1) is 11.8 Å². The highest BCUT2D eigenvalue weighted by Gasteiger charge is 2.29. The van der Waals surface area contributed by atoms with Gasteiger partial charge in [0.1, 0.15) is 5.56 Å². The topological polar surface area (TPSA) is 56.1 Å². The van der Waals surface area contributed by atoms with Gasteiger partial charge in [0, 0.05) is 19.6 Å². The Balaban J connectivity index is 2.02. The average Bonchev–Trinajstić information content (AvgIpc) is 2.93. The maximum absolute atomic E-state index is 11.9. The van der Waals surface area contributed by atoms with Crippen LogP contribution in [0.25, 0.3) is 0 Å². The molecular weight excluding hydrogens is 254 g/mol. The molecule has 112 valence electrons. The summed E-state index contributed by atoms with van der Waals surface area (Å²) in [7, 11) is 1.86. The molecule has 1 aliphatic carbocycles. The standard InChI is InChI=1S/C15H25N3O2/c1-5-20-15(19)12-8-17-18(4)14(12)9-16-13-7-6-10(2)11(13)3/h8,10-11,13,16H,5-7,9H2,1-4H3. The van der Waals surface area contributed by atoms with Gasteiger partial charge in [0.15, 0.2) is 0 Å². The number of ether oxygens (including phenoxy) is 1. The summed E-state index contributed by atoms with van der Waals surface area (Å²) in [6.07, 6.45) is 4.07. The summed E-state index contributed by atoms with van der Waals surface area (Å²) in [5.41, 5.74) is 1.47. The zero-order valence-corrected chi connectivity index (χ0v) is 12.8. The van der Waals surface area contributed by atoms with Crippen LogP contribution < -0.4 is 5.32 Å². The number of rotatable bonds is 5. The van der Waals surface area contributed by atoms with Gasteiger partial charge in [-0.1, -0.05) is 13.8 Å². The number of aryl methyl sites for hydroxylation is 1. The molecule has 3 atom stereocenters. The first-order valence-electron chi connectivity index (χ1n) is 7.46. The molecule has 0 spiro atoms. The summed E-state index contributed by atoms with van der Waals surface area (Å²) in [6, 6.07) is 0.523. The van der Waals surface area contributed by atoms with E-state index in [1.54, 1.807) is 10.9 Å². The van der Waals surface area contributed by atoms with Crippen LogP contribution in [0.2, 0.25) is 0 Å². The molecule has 1 heterocycles. The Morgan fingerprint density at radius 3 is 2.85 bits per heavy atom. The van der Waals surface area contributed by atoms with E-state index < -0.39 is 0 Å². The second-order valence-electron chi connectivity index (χ2n) is 5.75. The fraction of sp³-hybridized carbons (Fsp3) is 0.733. The van der Waals surface area contributed by atoms with Gasteiger partial charge in [-0.05, 0) is 31.6 Å². The van der Waals surface area contributed by atoms with E-state index in [1.807, 2.05) is 14.0 Å². The second-order valence-corrected chi connectivity index (χ2v) is 5.75. The van der Waals surface area contributed by atoms with Crippen molar-refractivity contribution in [3.05, 3.63) is 17.5 Å². The number of nitrogens with zero attached hydrogens (tertiary/aromatic N) is 2. The highest BCUT2D eigenvalue weighted by atomic mass is 16.5. The summed E-state index contributed by atoms with van der Waals surface area (Å²) in [5.74, 6) is 1.16. The normalized spacial score (nSPS) is 25.9. The van der Waals surface area contributed by atoms with Crippen LogP contribution in [0.1, 0.15) is 49.7 Å². The average molecular weight is 279 g/mol. The number of esters is 1. The first-order chi connectivity index (χ1) is 9.54. The summed E-state index contributed by atoms with van der Waals surface area (Å²) >= 11 is 0. The van der Waals surface area contributed by atoms with E-state index in [0.29, 0.717) is 30.7 Å². The molecule has 1 saturated carbocycles. The predicted octanol–water partition coefficient (Wildman–Crippen LogP) is 2.12. The van der Waals surface area contributed by atoms with Crippen molar-refractivity contribution in [2.24, 2.45) is 18.9 Å². The van der Waals surface area contributed by atoms with Gasteiger partial charge in [0.05, 0.1) is 18.5 Å². The van der Waals surface area contributed by atoms with E-state index in [2.05, 4.69) is 24.3 Å². The van der Waals surface area contributed by atoms with Crippen molar-refractivity contribution in [2.75, 3.05) is 6.61 Å². The summed E-state index contributed by atoms with van der Waals surface area (Å²) in [4.78, 5) is 11.9. The Morgan fingerprint density at radius 2 is 2.25 bits per heavy atom. The largest absolute Gasteiger partial charge is 0.462 e. The molecule has 0 aromatic carbocycles. The maximum Gasteiger partial charge on any atom is 0.341 e. The Kier molecular flexibility index (Phi) is 4.81. The number of hydrogen-bond donors (Lipinski definition) is 1. The zero-order valence-electron chi connectivity index (χ0n) is 12.8. The summed E-state index contributed by atoms with van der Waals surface area (Å²) in [6.45, 7) is 7.46. The molecule has 20 heavy (non-hydrogen) atoms. The van der Waals surface area contributed by atoms with Crippen LogP contribution in [0.3, 0.4) is 0 Å². The van der Waals surface area contributed by atoms with Gasteiger partial charge >= 0.3 is 5.97 Å². The third kappa shape index (κ3) is 3.03. The molecule has 1 aromatic rings. The lowest BCUT2D eigenvalue weighted by molar-refractivity contribution is 0.0524. The Hall–Kier alpha value is -1.36. The number of nitrogens with one attached hydrogen (secondary N) is 1. The summed E-state index contributed by atoms with van der Waals surface area (Å²) in [5, 5.41) is 7.75. The van der Waals surface area contributed by atoms with Crippen molar-refractivity contribution in [2.45, 2.75) is 46.2 Å². The van der Waals surface area contributed by atoms with E-state index in [9.17, 15) is 4.79 Å². The predicted molar refractivity (Wildman–Crippen MR) is 77.4 cm³/mol. The molecular formula is C15H25N3O2. The van der Waals surface area contributed by atoms with Crippen LogP contribution >= 0.6 is 0 Å².